The van der Waals surface area contributed by atoms with Crippen molar-refractivity contribution in [1.82, 2.24) is 15.1 Å². The molecule has 0 aliphatic heterocycles. The van der Waals surface area contributed by atoms with Crippen LogP contribution in [0.3, 0.4) is 0 Å². The summed E-state index contributed by atoms with van der Waals surface area (Å²) in [4.78, 5) is 12.1. The summed E-state index contributed by atoms with van der Waals surface area (Å²) in [6.07, 6.45) is 3.31. The minimum atomic E-state index is -3.79. The summed E-state index contributed by atoms with van der Waals surface area (Å²) in [7, 11) is -3.79. The maximum Gasteiger partial charge on any atom is 0.251 e. The standard InChI is InChI=1S/C17H15FN4O3S/c18-14-3-5-15(6-4-14)22-11-12(10-21-22)9-20-17(23)13-1-7-16(8-2-13)26(19,24)25/h1-8,10-11H,9H2,(H,20,23)(H2,19,24,25). The fourth-order valence-electron chi connectivity index (χ4n) is 2.27. The molecule has 0 aliphatic rings. The van der Waals surface area contributed by atoms with Gasteiger partial charge in [0, 0.05) is 23.9 Å². The summed E-state index contributed by atoms with van der Waals surface area (Å²) in [5.74, 6) is -0.692. The molecule has 3 rings (SSSR count). The number of carbonyl (C=O) groups is 1. The highest BCUT2D eigenvalue weighted by Gasteiger charge is 2.10. The fourth-order valence-corrected chi connectivity index (χ4v) is 2.78. The van der Waals surface area contributed by atoms with Gasteiger partial charge in [0.2, 0.25) is 10.0 Å². The second-order valence-electron chi connectivity index (χ2n) is 5.52. The third-order valence-electron chi connectivity index (χ3n) is 3.63. The molecule has 26 heavy (non-hydrogen) atoms. The van der Waals surface area contributed by atoms with E-state index in [2.05, 4.69) is 10.4 Å². The highest BCUT2D eigenvalue weighted by Crippen LogP contribution is 2.11. The number of hydrogen-bond donors (Lipinski definition) is 2. The molecule has 0 fully saturated rings. The lowest BCUT2D eigenvalue weighted by atomic mass is 10.2. The Bertz CT molecular complexity index is 1030. The molecule has 1 heterocycles. The number of amides is 1. The molecular formula is C17H15FN4O3S. The summed E-state index contributed by atoms with van der Waals surface area (Å²) in [5, 5.41) is 11.9. The number of sulfonamides is 1. The molecule has 0 bridgehead atoms. The molecule has 0 aliphatic carbocycles. The van der Waals surface area contributed by atoms with Crippen LogP contribution in [-0.2, 0) is 16.6 Å². The summed E-state index contributed by atoms with van der Waals surface area (Å²) in [5.41, 5.74) is 1.76. The van der Waals surface area contributed by atoms with E-state index in [0.717, 1.165) is 5.56 Å². The van der Waals surface area contributed by atoms with Crippen molar-refractivity contribution in [2.45, 2.75) is 11.4 Å². The topological polar surface area (TPSA) is 107 Å². The molecule has 0 saturated heterocycles. The smallest absolute Gasteiger partial charge is 0.251 e. The van der Waals surface area contributed by atoms with Gasteiger partial charge in [0.1, 0.15) is 5.82 Å². The molecule has 3 N–H and O–H groups in total. The zero-order chi connectivity index (χ0) is 18.7. The Morgan fingerprint density at radius 1 is 1.12 bits per heavy atom. The first-order valence-corrected chi connectivity index (χ1v) is 9.08. The quantitative estimate of drug-likeness (QED) is 0.707. The highest BCUT2D eigenvalue weighted by molar-refractivity contribution is 7.89. The number of nitrogens with zero attached hydrogens (tertiary/aromatic N) is 2. The van der Waals surface area contributed by atoms with Gasteiger partial charge in [0.15, 0.2) is 0 Å². The van der Waals surface area contributed by atoms with E-state index in [1.807, 2.05) is 0 Å². The number of halogens is 1. The zero-order valence-corrected chi connectivity index (χ0v) is 14.3. The minimum absolute atomic E-state index is 0.0605. The van der Waals surface area contributed by atoms with E-state index in [4.69, 9.17) is 5.14 Å². The van der Waals surface area contributed by atoms with Crippen LogP contribution in [0, 0.1) is 5.82 Å². The van der Waals surface area contributed by atoms with Crippen LogP contribution >= 0.6 is 0 Å². The Morgan fingerprint density at radius 3 is 2.38 bits per heavy atom. The van der Waals surface area contributed by atoms with Gasteiger partial charge in [-0.1, -0.05) is 0 Å². The first-order chi connectivity index (χ1) is 12.3. The molecule has 0 saturated carbocycles. The lowest BCUT2D eigenvalue weighted by molar-refractivity contribution is 0.0951. The first kappa shape index (κ1) is 17.8. The Labute approximate surface area is 149 Å². The van der Waals surface area contributed by atoms with Gasteiger partial charge < -0.3 is 5.32 Å². The minimum Gasteiger partial charge on any atom is -0.348 e. The Balaban J connectivity index is 1.64. The average Bonchev–Trinajstić information content (AvgIpc) is 3.08. The van der Waals surface area contributed by atoms with Crippen LogP contribution < -0.4 is 10.5 Å². The highest BCUT2D eigenvalue weighted by atomic mass is 32.2. The molecular weight excluding hydrogens is 359 g/mol. The van der Waals surface area contributed by atoms with Crippen molar-refractivity contribution < 1.29 is 17.6 Å². The molecule has 1 amide bonds. The van der Waals surface area contributed by atoms with Gasteiger partial charge in [-0.25, -0.2) is 22.6 Å². The number of rotatable bonds is 5. The van der Waals surface area contributed by atoms with Crippen LogP contribution in [-0.4, -0.2) is 24.1 Å². The SMILES string of the molecule is NS(=O)(=O)c1ccc(C(=O)NCc2cnn(-c3ccc(F)cc3)c2)cc1. The van der Waals surface area contributed by atoms with E-state index in [1.54, 1.807) is 29.2 Å². The number of nitrogens with two attached hydrogens (primary N) is 1. The van der Waals surface area contributed by atoms with Crippen LogP contribution in [0.4, 0.5) is 4.39 Å². The number of aromatic nitrogens is 2. The number of benzene rings is 2. The van der Waals surface area contributed by atoms with Crippen molar-refractivity contribution in [3.05, 3.63) is 77.9 Å². The molecule has 9 heteroatoms. The Morgan fingerprint density at radius 2 is 1.77 bits per heavy atom. The second-order valence-corrected chi connectivity index (χ2v) is 7.08. The van der Waals surface area contributed by atoms with Crippen LogP contribution in [0.15, 0.2) is 65.8 Å². The van der Waals surface area contributed by atoms with Crippen molar-refractivity contribution >= 4 is 15.9 Å². The van der Waals surface area contributed by atoms with Crippen molar-refractivity contribution in [3.63, 3.8) is 0 Å². The Hall–Kier alpha value is -3.04. The molecule has 2 aromatic carbocycles. The van der Waals surface area contributed by atoms with Crippen LogP contribution in [0.2, 0.25) is 0 Å². The molecule has 0 unspecified atom stereocenters. The lowest BCUT2D eigenvalue weighted by Crippen LogP contribution is -2.22. The van der Waals surface area contributed by atoms with Crippen molar-refractivity contribution in [1.29, 1.82) is 0 Å². The Kier molecular flexibility index (Phi) is 4.83. The first-order valence-electron chi connectivity index (χ1n) is 7.53. The second kappa shape index (κ2) is 7.06. The van der Waals surface area contributed by atoms with Crippen LogP contribution in [0.5, 0.6) is 0 Å². The van der Waals surface area contributed by atoms with E-state index >= 15 is 0 Å². The van der Waals surface area contributed by atoms with E-state index in [1.165, 1.54) is 36.4 Å². The van der Waals surface area contributed by atoms with Crippen molar-refractivity contribution in [2.75, 3.05) is 0 Å². The molecule has 1 aromatic heterocycles. The van der Waals surface area contributed by atoms with E-state index in [0.29, 0.717) is 11.3 Å². The van der Waals surface area contributed by atoms with Gasteiger partial charge in [0.25, 0.3) is 5.91 Å². The maximum atomic E-state index is 13.0. The summed E-state index contributed by atoms with van der Waals surface area (Å²) < 4.78 is 36.9. The lowest BCUT2D eigenvalue weighted by Gasteiger charge is -2.05. The maximum absolute atomic E-state index is 13.0. The summed E-state index contributed by atoms with van der Waals surface area (Å²) in [6, 6.07) is 11.2. The van der Waals surface area contributed by atoms with Crippen LogP contribution in [0.25, 0.3) is 5.69 Å². The average molecular weight is 374 g/mol. The van der Waals surface area contributed by atoms with Gasteiger partial charge in [-0.3, -0.25) is 4.79 Å². The number of nitrogens with one attached hydrogen (secondary N) is 1. The van der Waals surface area contributed by atoms with E-state index in [9.17, 15) is 17.6 Å². The molecule has 3 aromatic rings. The zero-order valence-electron chi connectivity index (χ0n) is 13.5. The van der Waals surface area contributed by atoms with Gasteiger partial charge >= 0.3 is 0 Å². The van der Waals surface area contributed by atoms with E-state index in [-0.39, 0.29) is 23.2 Å². The summed E-state index contributed by atoms with van der Waals surface area (Å²) >= 11 is 0. The summed E-state index contributed by atoms with van der Waals surface area (Å²) in [6.45, 7) is 0.233. The number of carbonyl (C=O) groups excluding carboxylic acids is 1. The monoisotopic (exact) mass is 374 g/mol. The van der Waals surface area contributed by atoms with Gasteiger partial charge in [0.05, 0.1) is 16.8 Å². The van der Waals surface area contributed by atoms with Crippen molar-refractivity contribution in [3.8, 4) is 5.69 Å². The number of primary sulfonamides is 1. The molecule has 0 atom stereocenters. The van der Waals surface area contributed by atoms with Gasteiger partial charge in [-0.2, -0.15) is 5.10 Å². The molecule has 0 radical (unpaired) electrons. The predicted molar refractivity (Wildman–Crippen MR) is 92.5 cm³/mol. The van der Waals surface area contributed by atoms with Gasteiger partial charge in [-0.05, 0) is 48.5 Å². The predicted octanol–water partition coefficient (Wildman–Crippen LogP) is 1.59. The third-order valence-corrected chi connectivity index (χ3v) is 4.55. The molecule has 134 valence electrons. The molecule has 7 nitrogen and oxygen atoms in total. The molecule has 0 spiro atoms. The van der Waals surface area contributed by atoms with E-state index < -0.39 is 10.0 Å². The third kappa shape index (κ3) is 4.13. The largest absolute Gasteiger partial charge is 0.348 e. The van der Waals surface area contributed by atoms with Crippen LogP contribution in [0.1, 0.15) is 15.9 Å². The van der Waals surface area contributed by atoms with Crippen molar-refractivity contribution in [2.24, 2.45) is 5.14 Å². The fraction of sp³-hybridized carbons (Fsp3) is 0.0588. The number of hydrogen-bond acceptors (Lipinski definition) is 4. The normalized spacial score (nSPS) is 11.3. The van der Waals surface area contributed by atoms with Gasteiger partial charge in [-0.15, -0.1) is 0 Å².